The van der Waals surface area contributed by atoms with Crippen LogP contribution in [0.3, 0.4) is 0 Å². The molecule has 0 aromatic heterocycles. The molecule has 3 aliphatic heterocycles. The molecule has 170 valence electrons. The lowest BCUT2D eigenvalue weighted by molar-refractivity contribution is -0.132. The van der Waals surface area contributed by atoms with Gasteiger partial charge in [-0.1, -0.05) is 6.07 Å². The zero-order chi connectivity index (χ0) is 22.1. The second kappa shape index (κ2) is 8.90. The van der Waals surface area contributed by atoms with E-state index in [0.717, 1.165) is 74.0 Å². The van der Waals surface area contributed by atoms with Gasteiger partial charge in [0.2, 0.25) is 12.7 Å². The summed E-state index contributed by atoms with van der Waals surface area (Å²) in [4.78, 5) is 17.6. The molecular weight excluding hydrogens is 408 g/mol. The number of methoxy groups -OCH3 is 2. The maximum atomic E-state index is 13.1. The van der Waals surface area contributed by atoms with E-state index in [0.29, 0.717) is 12.5 Å². The second-order valence-electron chi connectivity index (χ2n) is 8.70. The fourth-order valence-electron chi connectivity index (χ4n) is 5.03. The summed E-state index contributed by atoms with van der Waals surface area (Å²) in [5.41, 5.74) is 3.58. The second-order valence-corrected chi connectivity index (χ2v) is 8.70. The largest absolute Gasteiger partial charge is 0.493 e. The molecule has 0 N–H and O–H groups in total. The van der Waals surface area contributed by atoms with Crippen LogP contribution in [0.1, 0.15) is 29.5 Å². The zero-order valence-corrected chi connectivity index (χ0v) is 18.8. The van der Waals surface area contributed by atoms with Gasteiger partial charge in [-0.3, -0.25) is 9.69 Å². The van der Waals surface area contributed by atoms with Gasteiger partial charge in [0.15, 0.2) is 23.0 Å². The van der Waals surface area contributed by atoms with Crippen molar-refractivity contribution in [1.29, 1.82) is 0 Å². The summed E-state index contributed by atoms with van der Waals surface area (Å²) in [6, 6.07) is 10.4. The SMILES string of the molecule is COc1cc2c(cc1OC)CN([C@H]1CCCN(C(=O)Cc3ccc4c(c3)OCO4)C1)CC2. The Hall–Kier alpha value is -2.93. The van der Waals surface area contributed by atoms with Crippen LogP contribution in [0.2, 0.25) is 0 Å². The van der Waals surface area contributed by atoms with Gasteiger partial charge in [-0.2, -0.15) is 0 Å². The smallest absolute Gasteiger partial charge is 0.231 e. The monoisotopic (exact) mass is 438 g/mol. The average Bonchev–Trinajstić information content (AvgIpc) is 3.30. The van der Waals surface area contributed by atoms with Crippen LogP contribution < -0.4 is 18.9 Å². The van der Waals surface area contributed by atoms with Gasteiger partial charge in [0.25, 0.3) is 0 Å². The Balaban J connectivity index is 1.24. The first-order valence-corrected chi connectivity index (χ1v) is 11.3. The van der Waals surface area contributed by atoms with E-state index < -0.39 is 0 Å². The number of piperidine rings is 1. The van der Waals surface area contributed by atoms with Crippen molar-refractivity contribution in [3.8, 4) is 23.0 Å². The number of hydrogen-bond donors (Lipinski definition) is 0. The highest BCUT2D eigenvalue weighted by molar-refractivity contribution is 5.79. The third kappa shape index (κ3) is 4.09. The highest BCUT2D eigenvalue weighted by Gasteiger charge is 2.30. The van der Waals surface area contributed by atoms with Crippen molar-refractivity contribution in [3.63, 3.8) is 0 Å². The zero-order valence-electron chi connectivity index (χ0n) is 18.8. The maximum Gasteiger partial charge on any atom is 0.231 e. The van der Waals surface area contributed by atoms with Crippen LogP contribution in [-0.2, 0) is 24.2 Å². The topological polar surface area (TPSA) is 60.5 Å². The van der Waals surface area contributed by atoms with Crippen molar-refractivity contribution in [2.75, 3.05) is 40.6 Å². The summed E-state index contributed by atoms with van der Waals surface area (Å²) >= 11 is 0. The molecule has 1 atom stereocenters. The molecular formula is C25H30N2O5. The van der Waals surface area contributed by atoms with Crippen LogP contribution in [0, 0.1) is 0 Å². The van der Waals surface area contributed by atoms with Gasteiger partial charge >= 0.3 is 0 Å². The molecule has 0 saturated carbocycles. The Morgan fingerprint density at radius 1 is 1.03 bits per heavy atom. The Morgan fingerprint density at radius 2 is 1.81 bits per heavy atom. The Morgan fingerprint density at radius 3 is 2.62 bits per heavy atom. The summed E-state index contributed by atoms with van der Waals surface area (Å²) < 4.78 is 21.8. The standard InChI is InChI=1S/C25H30N2O5/c1-29-22-12-18-7-9-26(14-19(18)13-23(22)30-2)20-4-3-8-27(15-20)25(28)11-17-5-6-21-24(10-17)32-16-31-21/h5-6,10,12-13,20H,3-4,7-9,11,14-16H2,1-2H3/t20-/m0/s1. The lowest BCUT2D eigenvalue weighted by Crippen LogP contribution is -2.51. The third-order valence-corrected chi connectivity index (χ3v) is 6.81. The number of carbonyl (C=O) groups is 1. The number of fused-ring (bicyclic) bond motifs is 2. The summed E-state index contributed by atoms with van der Waals surface area (Å²) in [7, 11) is 3.35. The van der Waals surface area contributed by atoms with Gasteiger partial charge < -0.3 is 23.8 Å². The maximum absolute atomic E-state index is 13.1. The van der Waals surface area contributed by atoms with Crippen LogP contribution in [0.15, 0.2) is 30.3 Å². The number of rotatable bonds is 5. The van der Waals surface area contributed by atoms with E-state index in [-0.39, 0.29) is 12.7 Å². The Bertz CT molecular complexity index is 1010. The summed E-state index contributed by atoms with van der Waals surface area (Å²) in [6.45, 7) is 3.74. The predicted molar refractivity (Wildman–Crippen MR) is 120 cm³/mol. The summed E-state index contributed by atoms with van der Waals surface area (Å²) in [5, 5.41) is 0. The number of nitrogens with zero attached hydrogens (tertiary/aromatic N) is 2. The lowest BCUT2D eigenvalue weighted by Gasteiger charge is -2.41. The van der Waals surface area contributed by atoms with Crippen LogP contribution in [0.25, 0.3) is 0 Å². The molecule has 1 fully saturated rings. The Labute approximate surface area is 188 Å². The van der Waals surface area contributed by atoms with E-state index in [9.17, 15) is 4.79 Å². The minimum absolute atomic E-state index is 0.178. The van der Waals surface area contributed by atoms with E-state index in [1.54, 1.807) is 14.2 Å². The van der Waals surface area contributed by atoms with Crippen LogP contribution in [-0.4, -0.2) is 62.4 Å². The fraction of sp³-hybridized carbons (Fsp3) is 0.480. The number of likely N-dealkylation sites (tertiary alicyclic amines) is 1. The van der Waals surface area contributed by atoms with Gasteiger partial charge in [0.05, 0.1) is 20.6 Å². The molecule has 3 heterocycles. The minimum atomic E-state index is 0.178. The van der Waals surface area contributed by atoms with Crippen LogP contribution >= 0.6 is 0 Å². The van der Waals surface area contributed by atoms with E-state index in [1.165, 1.54) is 11.1 Å². The van der Waals surface area contributed by atoms with E-state index >= 15 is 0 Å². The van der Waals surface area contributed by atoms with Gasteiger partial charge in [-0.25, -0.2) is 0 Å². The molecule has 0 spiro atoms. The van der Waals surface area contributed by atoms with E-state index in [2.05, 4.69) is 17.0 Å². The first kappa shape index (κ1) is 20.9. The summed E-state index contributed by atoms with van der Waals surface area (Å²) in [5.74, 6) is 3.22. The Kier molecular flexibility index (Phi) is 5.83. The van der Waals surface area contributed by atoms with Crippen molar-refractivity contribution in [3.05, 3.63) is 47.0 Å². The average molecular weight is 439 g/mol. The third-order valence-electron chi connectivity index (χ3n) is 6.81. The van der Waals surface area contributed by atoms with Crippen LogP contribution in [0.5, 0.6) is 23.0 Å². The molecule has 0 radical (unpaired) electrons. The molecule has 0 aliphatic carbocycles. The van der Waals surface area contributed by atoms with Gasteiger partial charge in [0.1, 0.15) is 0 Å². The number of benzene rings is 2. The molecule has 0 bridgehead atoms. The van der Waals surface area contributed by atoms with Crippen molar-refractivity contribution in [1.82, 2.24) is 9.80 Å². The van der Waals surface area contributed by atoms with Gasteiger partial charge in [0, 0.05) is 32.2 Å². The molecule has 32 heavy (non-hydrogen) atoms. The predicted octanol–water partition coefficient (Wildman–Crippen LogP) is 3.02. The summed E-state index contributed by atoms with van der Waals surface area (Å²) in [6.07, 6.45) is 3.53. The molecule has 0 unspecified atom stereocenters. The van der Waals surface area contributed by atoms with Crippen molar-refractivity contribution in [2.45, 2.75) is 38.3 Å². The first-order valence-electron chi connectivity index (χ1n) is 11.3. The van der Waals surface area contributed by atoms with Gasteiger partial charge in [-0.05, 0) is 60.2 Å². The highest BCUT2D eigenvalue weighted by atomic mass is 16.7. The normalized spacial score (nSPS) is 20.1. The molecule has 3 aliphatic rings. The molecule has 7 heteroatoms. The highest BCUT2D eigenvalue weighted by Crippen LogP contribution is 2.35. The van der Waals surface area contributed by atoms with Crippen molar-refractivity contribution < 1.29 is 23.7 Å². The molecule has 7 nitrogen and oxygen atoms in total. The fourth-order valence-corrected chi connectivity index (χ4v) is 5.03. The molecule has 2 aromatic carbocycles. The van der Waals surface area contributed by atoms with E-state index in [4.69, 9.17) is 18.9 Å². The number of amides is 1. The van der Waals surface area contributed by atoms with Crippen molar-refractivity contribution in [2.24, 2.45) is 0 Å². The minimum Gasteiger partial charge on any atom is -0.493 e. The quantitative estimate of drug-likeness (QED) is 0.715. The molecule has 1 amide bonds. The number of ether oxygens (including phenoxy) is 4. The number of carbonyl (C=O) groups excluding carboxylic acids is 1. The molecule has 5 rings (SSSR count). The number of hydrogen-bond acceptors (Lipinski definition) is 6. The first-order chi connectivity index (χ1) is 15.6. The van der Waals surface area contributed by atoms with Gasteiger partial charge in [-0.15, -0.1) is 0 Å². The lowest BCUT2D eigenvalue weighted by atomic mass is 9.95. The van der Waals surface area contributed by atoms with E-state index in [1.807, 2.05) is 23.1 Å². The van der Waals surface area contributed by atoms with Crippen molar-refractivity contribution >= 4 is 5.91 Å². The molecule has 2 aromatic rings. The van der Waals surface area contributed by atoms with Crippen LogP contribution in [0.4, 0.5) is 0 Å². The molecule has 1 saturated heterocycles.